The van der Waals surface area contributed by atoms with Crippen molar-refractivity contribution in [2.45, 2.75) is 19.4 Å². The van der Waals surface area contributed by atoms with Crippen LogP contribution in [0.2, 0.25) is 0 Å². The zero-order valence-electron chi connectivity index (χ0n) is 8.82. The highest BCUT2D eigenvalue weighted by Crippen LogP contribution is 2.13. The molecule has 0 aliphatic carbocycles. The first-order chi connectivity index (χ1) is 7.13. The van der Waals surface area contributed by atoms with Gasteiger partial charge in [0, 0.05) is 12.5 Å². The van der Waals surface area contributed by atoms with Crippen molar-refractivity contribution < 1.29 is 4.74 Å². The monoisotopic (exact) mass is 206 g/mol. The quantitative estimate of drug-likeness (QED) is 0.673. The van der Waals surface area contributed by atoms with E-state index in [-0.39, 0.29) is 11.9 Å². The third-order valence-electron chi connectivity index (χ3n) is 1.60. The van der Waals surface area contributed by atoms with Crippen LogP contribution in [0.25, 0.3) is 0 Å². The molecule has 0 unspecified atom stereocenters. The summed E-state index contributed by atoms with van der Waals surface area (Å²) in [6, 6.07) is 0.0566. The predicted octanol–water partition coefficient (Wildman–Crippen LogP) is 0.156. The molecular formula is C10H14N4O. The van der Waals surface area contributed by atoms with Crippen LogP contribution in [0.4, 0.5) is 5.82 Å². The van der Waals surface area contributed by atoms with Crippen LogP contribution >= 0.6 is 0 Å². The van der Waals surface area contributed by atoms with Gasteiger partial charge in [-0.15, -0.1) is 0 Å². The minimum Gasteiger partial charge on any atom is -0.478 e. The standard InChI is InChI=1S/C10H14N4O/c1-7(11)4-3-5-8-6-13-9(12)10(14-8)15-2/h6-7H,4,11H2,1-2H3,(H2,12,13)/t7-/m0/s1. The molecule has 0 aliphatic rings. The fraction of sp³-hybridized carbons (Fsp3) is 0.400. The highest BCUT2D eigenvalue weighted by Gasteiger charge is 2.01. The number of hydrogen-bond acceptors (Lipinski definition) is 5. The van der Waals surface area contributed by atoms with Gasteiger partial charge in [-0.25, -0.2) is 4.98 Å². The molecule has 80 valence electrons. The van der Waals surface area contributed by atoms with Gasteiger partial charge in [0.1, 0.15) is 5.69 Å². The van der Waals surface area contributed by atoms with E-state index in [0.717, 1.165) is 0 Å². The van der Waals surface area contributed by atoms with E-state index >= 15 is 0 Å². The average Bonchev–Trinajstić information content (AvgIpc) is 2.20. The van der Waals surface area contributed by atoms with Crippen molar-refractivity contribution in [1.29, 1.82) is 0 Å². The molecular weight excluding hydrogens is 192 g/mol. The minimum atomic E-state index is 0.0566. The van der Waals surface area contributed by atoms with Crippen LogP contribution in [-0.4, -0.2) is 23.1 Å². The second-order valence-electron chi connectivity index (χ2n) is 3.13. The highest BCUT2D eigenvalue weighted by molar-refractivity contribution is 5.42. The van der Waals surface area contributed by atoms with Crippen molar-refractivity contribution in [3.05, 3.63) is 11.9 Å². The number of ether oxygens (including phenoxy) is 1. The lowest BCUT2D eigenvalue weighted by atomic mass is 10.2. The van der Waals surface area contributed by atoms with Crippen LogP contribution in [0.15, 0.2) is 6.20 Å². The van der Waals surface area contributed by atoms with Gasteiger partial charge in [0.05, 0.1) is 13.3 Å². The van der Waals surface area contributed by atoms with Gasteiger partial charge in [-0.05, 0) is 12.8 Å². The van der Waals surface area contributed by atoms with Crippen molar-refractivity contribution in [3.63, 3.8) is 0 Å². The molecule has 1 aromatic heterocycles. The number of nitrogens with two attached hydrogens (primary N) is 2. The first-order valence-corrected chi connectivity index (χ1v) is 4.54. The average molecular weight is 206 g/mol. The molecule has 1 aromatic rings. The van der Waals surface area contributed by atoms with E-state index < -0.39 is 0 Å². The molecule has 0 saturated carbocycles. The van der Waals surface area contributed by atoms with Gasteiger partial charge >= 0.3 is 0 Å². The highest BCUT2D eigenvalue weighted by atomic mass is 16.5. The van der Waals surface area contributed by atoms with Gasteiger partial charge in [0.2, 0.25) is 0 Å². The van der Waals surface area contributed by atoms with Crippen molar-refractivity contribution in [3.8, 4) is 17.7 Å². The molecule has 5 nitrogen and oxygen atoms in total. The Kier molecular flexibility index (Phi) is 3.89. The van der Waals surface area contributed by atoms with Crippen molar-refractivity contribution in [2.75, 3.05) is 12.8 Å². The maximum Gasteiger partial charge on any atom is 0.258 e. The third-order valence-corrected chi connectivity index (χ3v) is 1.60. The Hall–Kier alpha value is -1.80. The van der Waals surface area contributed by atoms with Gasteiger partial charge < -0.3 is 16.2 Å². The van der Waals surface area contributed by atoms with Crippen LogP contribution < -0.4 is 16.2 Å². The van der Waals surface area contributed by atoms with Crippen LogP contribution in [0, 0.1) is 11.8 Å². The molecule has 0 aromatic carbocycles. The summed E-state index contributed by atoms with van der Waals surface area (Å²) in [5.74, 6) is 6.29. The molecule has 0 spiro atoms. The van der Waals surface area contributed by atoms with E-state index in [2.05, 4.69) is 21.8 Å². The summed E-state index contributed by atoms with van der Waals surface area (Å²) >= 11 is 0. The molecule has 0 fully saturated rings. The number of hydrogen-bond donors (Lipinski definition) is 2. The number of rotatable bonds is 2. The largest absolute Gasteiger partial charge is 0.478 e. The molecule has 0 aliphatic heterocycles. The number of methoxy groups -OCH3 is 1. The summed E-state index contributed by atoms with van der Waals surface area (Å²) in [6.45, 7) is 1.89. The van der Waals surface area contributed by atoms with Crippen molar-refractivity contribution in [2.24, 2.45) is 5.73 Å². The van der Waals surface area contributed by atoms with Gasteiger partial charge in [0.15, 0.2) is 5.82 Å². The van der Waals surface area contributed by atoms with E-state index in [4.69, 9.17) is 16.2 Å². The smallest absolute Gasteiger partial charge is 0.258 e. The maximum atomic E-state index is 5.55. The van der Waals surface area contributed by atoms with Gasteiger partial charge in [-0.2, -0.15) is 4.98 Å². The molecule has 1 rings (SSSR count). The number of nitrogens with zero attached hydrogens (tertiary/aromatic N) is 2. The first-order valence-electron chi connectivity index (χ1n) is 4.54. The van der Waals surface area contributed by atoms with Crippen molar-refractivity contribution >= 4 is 5.82 Å². The van der Waals surface area contributed by atoms with Crippen molar-refractivity contribution in [1.82, 2.24) is 9.97 Å². The number of anilines is 1. The summed E-state index contributed by atoms with van der Waals surface area (Å²) in [5.41, 5.74) is 11.6. The summed E-state index contributed by atoms with van der Waals surface area (Å²) in [5, 5.41) is 0. The fourth-order valence-electron chi connectivity index (χ4n) is 0.894. The zero-order valence-corrected chi connectivity index (χ0v) is 8.82. The van der Waals surface area contributed by atoms with Crippen LogP contribution in [0.5, 0.6) is 5.88 Å². The Balaban J connectivity index is 2.81. The Bertz CT molecular complexity index is 392. The Morgan fingerprint density at radius 3 is 2.93 bits per heavy atom. The SMILES string of the molecule is COc1nc(C#CC[C@H](C)N)cnc1N. The minimum absolute atomic E-state index is 0.0566. The first kappa shape index (κ1) is 11.3. The van der Waals surface area contributed by atoms with Gasteiger partial charge in [0.25, 0.3) is 5.88 Å². The Morgan fingerprint density at radius 1 is 1.60 bits per heavy atom. The fourth-order valence-corrected chi connectivity index (χ4v) is 0.894. The zero-order chi connectivity index (χ0) is 11.3. The third kappa shape index (κ3) is 3.44. The lowest BCUT2D eigenvalue weighted by Gasteiger charge is -2.01. The van der Waals surface area contributed by atoms with Crippen LogP contribution in [-0.2, 0) is 0 Å². The van der Waals surface area contributed by atoms with E-state index in [1.54, 1.807) is 0 Å². The molecule has 0 saturated heterocycles. The molecule has 1 heterocycles. The van der Waals surface area contributed by atoms with Gasteiger partial charge in [-0.3, -0.25) is 0 Å². The van der Waals surface area contributed by atoms with E-state index in [1.807, 2.05) is 6.92 Å². The summed E-state index contributed by atoms with van der Waals surface area (Å²) in [7, 11) is 1.49. The van der Waals surface area contributed by atoms with Crippen LogP contribution in [0.1, 0.15) is 19.0 Å². The Labute approximate surface area is 88.9 Å². The van der Waals surface area contributed by atoms with Crippen LogP contribution in [0.3, 0.4) is 0 Å². The lowest BCUT2D eigenvalue weighted by Crippen LogP contribution is -2.12. The molecule has 1 atom stereocenters. The van der Waals surface area contributed by atoms with E-state index in [1.165, 1.54) is 13.3 Å². The second kappa shape index (κ2) is 5.17. The Morgan fingerprint density at radius 2 is 2.33 bits per heavy atom. The second-order valence-corrected chi connectivity index (χ2v) is 3.13. The molecule has 0 radical (unpaired) electrons. The molecule has 0 bridgehead atoms. The van der Waals surface area contributed by atoms with Gasteiger partial charge in [-0.1, -0.05) is 5.92 Å². The maximum absolute atomic E-state index is 5.55. The normalized spacial score (nSPS) is 11.4. The van der Waals surface area contributed by atoms with E-state index in [9.17, 15) is 0 Å². The predicted molar refractivity (Wildman–Crippen MR) is 58.1 cm³/mol. The van der Waals surface area contributed by atoms with E-state index in [0.29, 0.717) is 18.0 Å². The summed E-state index contributed by atoms with van der Waals surface area (Å²) in [4.78, 5) is 7.97. The lowest BCUT2D eigenvalue weighted by molar-refractivity contribution is 0.398. The topological polar surface area (TPSA) is 87.0 Å². The number of aromatic nitrogens is 2. The summed E-state index contributed by atoms with van der Waals surface area (Å²) < 4.78 is 4.92. The molecule has 15 heavy (non-hydrogen) atoms. The number of nitrogen functional groups attached to an aromatic ring is 1. The molecule has 4 N–H and O–H groups in total. The summed E-state index contributed by atoms with van der Waals surface area (Å²) in [6.07, 6.45) is 2.13. The molecule has 5 heteroatoms. The molecule has 0 amide bonds.